The number of allylic oxidation sites excluding steroid dienone is 2. The van der Waals surface area contributed by atoms with Crippen molar-refractivity contribution in [2.45, 2.75) is 0 Å². The fraction of sp³-hybridized carbons (Fsp3) is 0. The summed E-state index contributed by atoms with van der Waals surface area (Å²) < 4.78 is 0. The lowest BCUT2D eigenvalue weighted by Crippen LogP contribution is -1.67. The van der Waals surface area contributed by atoms with E-state index in [9.17, 15) is 5.11 Å². The molecular formula is C4H5O3. The molecule has 0 aromatic rings. The van der Waals surface area contributed by atoms with Gasteiger partial charge >= 0.3 is 5.95 Å². The van der Waals surface area contributed by atoms with Crippen LogP contribution >= 0.6 is 0 Å². The third-order valence-electron chi connectivity index (χ3n) is 0.325. The molecule has 0 saturated heterocycles. The molecule has 0 aromatic carbocycles. The first-order valence-corrected chi connectivity index (χ1v) is 1.64. The number of hydrogen-bond acceptors (Lipinski definition) is 2. The second-order valence-electron chi connectivity index (χ2n) is 0.846. The molecule has 39 valence electrons. The Hall–Kier alpha value is -1.12. The maximum Gasteiger partial charge on any atom is 0.328 e. The van der Waals surface area contributed by atoms with Crippen molar-refractivity contribution >= 4 is 0 Å². The number of rotatable bonds is 1. The Labute approximate surface area is 40.8 Å². The Balaban J connectivity index is 3.46. The van der Waals surface area contributed by atoms with E-state index in [1.165, 1.54) is 0 Å². The molecule has 0 saturated carbocycles. The molecule has 0 fully saturated rings. The van der Waals surface area contributed by atoms with Crippen LogP contribution in [-0.2, 0) is 5.11 Å². The van der Waals surface area contributed by atoms with Crippen LogP contribution in [0.4, 0.5) is 0 Å². The Morgan fingerprint density at radius 3 is 2.29 bits per heavy atom. The zero-order valence-electron chi connectivity index (χ0n) is 3.53. The van der Waals surface area contributed by atoms with E-state index in [1.807, 2.05) is 0 Å². The van der Waals surface area contributed by atoms with Crippen LogP contribution < -0.4 is 0 Å². The average Bonchev–Trinajstić information content (AvgIpc) is 1.61. The first-order chi connectivity index (χ1) is 3.27. The number of hydrogen-bond donors (Lipinski definition) is 2. The summed E-state index contributed by atoms with van der Waals surface area (Å²) in [7, 11) is 0. The fourth-order valence-corrected chi connectivity index (χ4v) is 0.125. The summed E-state index contributed by atoms with van der Waals surface area (Å²) in [5, 5.41) is 25.2. The van der Waals surface area contributed by atoms with Gasteiger partial charge in [0.05, 0.1) is 6.26 Å². The Kier molecular flexibility index (Phi) is 2.59. The minimum Gasteiger partial charge on any atom is -0.516 e. The summed E-state index contributed by atoms with van der Waals surface area (Å²) in [5.41, 5.74) is 0. The molecule has 0 aliphatic rings. The SMILES string of the molecule is [O]C(O)=CC=CO. The molecule has 2 N–H and O–H groups in total. The van der Waals surface area contributed by atoms with Gasteiger partial charge < -0.3 is 10.2 Å². The Morgan fingerprint density at radius 2 is 2.14 bits per heavy atom. The van der Waals surface area contributed by atoms with Gasteiger partial charge in [0.1, 0.15) is 0 Å². The molecular weight excluding hydrogens is 96.0 g/mol. The van der Waals surface area contributed by atoms with Crippen LogP contribution in [0.1, 0.15) is 0 Å². The van der Waals surface area contributed by atoms with E-state index in [0.717, 1.165) is 12.2 Å². The Morgan fingerprint density at radius 1 is 1.57 bits per heavy atom. The van der Waals surface area contributed by atoms with Gasteiger partial charge in [0.2, 0.25) is 0 Å². The van der Waals surface area contributed by atoms with Crippen molar-refractivity contribution in [3.05, 3.63) is 24.4 Å². The van der Waals surface area contributed by atoms with Gasteiger partial charge in [-0.3, -0.25) is 0 Å². The summed E-state index contributed by atoms with van der Waals surface area (Å²) >= 11 is 0. The lowest BCUT2D eigenvalue weighted by Gasteiger charge is -1.72. The molecule has 0 rings (SSSR count). The topological polar surface area (TPSA) is 60.4 Å². The van der Waals surface area contributed by atoms with Crippen LogP contribution in [0.25, 0.3) is 0 Å². The molecule has 0 heterocycles. The lowest BCUT2D eigenvalue weighted by atomic mass is 10.6. The van der Waals surface area contributed by atoms with Crippen LogP contribution in [0, 0.1) is 0 Å². The van der Waals surface area contributed by atoms with Crippen molar-refractivity contribution in [2.75, 3.05) is 0 Å². The molecule has 7 heavy (non-hydrogen) atoms. The number of aliphatic hydroxyl groups excluding tert-OH is 2. The van der Waals surface area contributed by atoms with E-state index in [1.54, 1.807) is 0 Å². The van der Waals surface area contributed by atoms with E-state index in [0.29, 0.717) is 6.26 Å². The molecule has 0 aliphatic carbocycles. The molecule has 0 spiro atoms. The highest BCUT2D eigenvalue weighted by atomic mass is 16.5. The predicted octanol–water partition coefficient (Wildman–Crippen LogP) is 0.888. The Bertz CT molecular complexity index is 89.1. The standard InChI is InChI=1S/C4H5O3/c5-3-1-2-4(6)7/h1-3,5-6H. The smallest absolute Gasteiger partial charge is 0.328 e. The van der Waals surface area contributed by atoms with E-state index in [-0.39, 0.29) is 0 Å². The molecule has 0 amide bonds. The van der Waals surface area contributed by atoms with Crippen LogP contribution in [0.5, 0.6) is 0 Å². The zero-order chi connectivity index (χ0) is 5.70. The third-order valence-corrected chi connectivity index (χ3v) is 0.325. The minimum absolute atomic E-state index is 0.661. The predicted molar refractivity (Wildman–Crippen MR) is 23.2 cm³/mol. The fourth-order valence-electron chi connectivity index (χ4n) is 0.125. The van der Waals surface area contributed by atoms with Gasteiger partial charge in [-0.05, 0) is 6.08 Å². The summed E-state index contributed by atoms with van der Waals surface area (Å²) in [5.74, 6) is -1.06. The van der Waals surface area contributed by atoms with Gasteiger partial charge in [-0.15, -0.1) is 0 Å². The maximum atomic E-state index is 9.54. The summed E-state index contributed by atoms with van der Waals surface area (Å²) in [6, 6.07) is 0. The second kappa shape index (κ2) is 3.08. The van der Waals surface area contributed by atoms with Gasteiger partial charge in [-0.1, -0.05) is 0 Å². The summed E-state index contributed by atoms with van der Waals surface area (Å²) in [6.45, 7) is 0. The molecule has 0 bridgehead atoms. The van der Waals surface area contributed by atoms with Crippen LogP contribution in [0.15, 0.2) is 24.4 Å². The molecule has 3 nitrogen and oxygen atoms in total. The van der Waals surface area contributed by atoms with Gasteiger partial charge in [0, 0.05) is 6.08 Å². The van der Waals surface area contributed by atoms with Gasteiger partial charge in [0.15, 0.2) is 0 Å². The highest BCUT2D eigenvalue weighted by molar-refractivity contribution is 4.98. The van der Waals surface area contributed by atoms with E-state index in [2.05, 4.69) is 0 Å². The largest absolute Gasteiger partial charge is 0.516 e. The van der Waals surface area contributed by atoms with Gasteiger partial charge in [-0.25, -0.2) is 5.11 Å². The molecule has 0 aliphatic heterocycles. The zero-order valence-corrected chi connectivity index (χ0v) is 3.53. The molecule has 3 heteroatoms. The normalized spacial score (nSPS) is 12.9. The first-order valence-electron chi connectivity index (χ1n) is 1.64. The minimum atomic E-state index is -1.06. The third kappa shape index (κ3) is 4.88. The second-order valence-corrected chi connectivity index (χ2v) is 0.846. The highest BCUT2D eigenvalue weighted by Gasteiger charge is 1.77. The highest BCUT2D eigenvalue weighted by Crippen LogP contribution is 1.79. The van der Waals surface area contributed by atoms with Crippen LogP contribution in [0.2, 0.25) is 0 Å². The summed E-state index contributed by atoms with van der Waals surface area (Å²) in [4.78, 5) is 0. The quantitative estimate of drug-likeness (QED) is 0.380. The van der Waals surface area contributed by atoms with E-state index in [4.69, 9.17) is 10.2 Å². The van der Waals surface area contributed by atoms with Crippen molar-refractivity contribution in [1.82, 2.24) is 0 Å². The van der Waals surface area contributed by atoms with Crippen LogP contribution in [0.3, 0.4) is 0 Å². The van der Waals surface area contributed by atoms with Gasteiger partial charge in [0.25, 0.3) is 0 Å². The van der Waals surface area contributed by atoms with Crippen LogP contribution in [-0.4, -0.2) is 10.2 Å². The molecule has 1 radical (unpaired) electrons. The lowest BCUT2D eigenvalue weighted by molar-refractivity contribution is 0.128. The van der Waals surface area contributed by atoms with E-state index < -0.39 is 5.95 Å². The average molecular weight is 101 g/mol. The maximum absolute atomic E-state index is 9.54. The van der Waals surface area contributed by atoms with Crippen molar-refractivity contribution in [3.8, 4) is 0 Å². The van der Waals surface area contributed by atoms with Crippen molar-refractivity contribution in [2.24, 2.45) is 0 Å². The molecule has 0 aromatic heterocycles. The molecule has 0 unspecified atom stereocenters. The van der Waals surface area contributed by atoms with Crippen molar-refractivity contribution in [3.63, 3.8) is 0 Å². The van der Waals surface area contributed by atoms with Crippen molar-refractivity contribution in [1.29, 1.82) is 0 Å². The van der Waals surface area contributed by atoms with Gasteiger partial charge in [-0.2, -0.15) is 0 Å². The summed E-state index contributed by atoms with van der Waals surface area (Å²) in [6.07, 6.45) is 2.52. The number of aliphatic hydroxyl groups is 2. The molecule has 0 atom stereocenters. The van der Waals surface area contributed by atoms with E-state index >= 15 is 0 Å². The van der Waals surface area contributed by atoms with Crippen molar-refractivity contribution < 1.29 is 15.3 Å². The first kappa shape index (κ1) is 5.88. The monoisotopic (exact) mass is 101 g/mol.